The number of carbonyl (C=O) groups is 3. The fourth-order valence-electron chi connectivity index (χ4n) is 4.17. The Morgan fingerprint density at radius 2 is 1.58 bits per heavy atom. The smallest absolute Gasteiger partial charge is 0.408 e. The largest absolute Gasteiger partial charge is 0.481 e. The zero-order valence-electron chi connectivity index (χ0n) is 19.6. The van der Waals surface area contributed by atoms with E-state index in [1.54, 1.807) is 27.7 Å². The van der Waals surface area contributed by atoms with Gasteiger partial charge in [-0.1, -0.05) is 69.3 Å². The van der Waals surface area contributed by atoms with Gasteiger partial charge in [-0.25, -0.2) is 4.79 Å². The van der Waals surface area contributed by atoms with Crippen molar-refractivity contribution in [3.63, 3.8) is 0 Å². The Morgan fingerprint density at radius 1 is 1.03 bits per heavy atom. The Labute approximate surface area is 194 Å². The van der Waals surface area contributed by atoms with Gasteiger partial charge < -0.3 is 20.5 Å². The zero-order valence-corrected chi connectivity index (χ0v) is 19.6. The number of rotatable bonds is 9. The Balaban J connectivity index is 1.63. The minimum atomic E-state index is -1.22. The summed E-state index contributed by atoms with van der Waals surface area (Å²) in [5.41, 5.74) is 3.27. The van der Waals surface area contributed by atoms with Crippen LogP contribution in [0.3, 0.4) is 0 Å². The fraction of sp³-hybridized carbons (Fsp3) is 0.423. The molecule has 1 aliphatic carbocycles. The molecule has 0 aliphatic heterocycles. The van der Waals surface area contributed by atoms with Gasteiger partial charge in [-0.05, 0) is 41.5 Å². The first kappa shape index (κ1) is 24.3. The van der Waals surface area contributed by atoms with Crippen LogP contribution in [0.2, 0.25) is 0 Å². The van der Waals surface area contributed by atoms with Crippen molar-refractivity contribution >= 4 is 18.0 Å². The van der Waals surface area contributed by atoms with Crippen LogP contribution in [-0.2, 0) is 14.3 Å². The Hall–Kier alpha value is -3.35. The van der Waals surface area contributed by atoms with Gasteiger partial charge >= 0.3 is 12.1 Å². The fourth-order valence-corrected chi connectivity index (χ4v) is 4.17. The second-order valence-electron chi connectivity index (χ2n) is 9.03. The summed E-state index contributed by atoms with van der Waals surface area (Å²) >= 11 is 0. The predicted octanol–water partition coefficient (Wildman–Crippen LogP) is 4.17. The van der Waals surface area contributed by atoms with Gasteiger partial charge in [0, 0.05) is 12.5 Å². The van der Waals surface area contributed by atoms with E-state index >= 15 is 0 Å². The first-order valence-electron chi connectivity index (χ1n) is 11.3. The van der Waals surface area contributed by atoms with Crippen molar-refractivity contribution < 1.29 is 24.2 Å². The molecule has 2 aromatic carbocycles. The summed E-state index contributed by atoms with van der Waals surface area (Å²) in [4.78, 5) is 36.8. The first-order valence-corrected chi connectivity index (χ1v) is 11.3. The van der Waals surface area contributed by atoms with E-state index in [0.29, 0.717) is 6.42 Å². The van der Waals surface area contributed by atoms with Crippen LogP contribution in [0, 0.1) is 11.8 Å². The molecule has 2 atom stereocenters. The van der Waals surface area contributed by atoms with Crippen LogP contribution in [0.25, 0.3) is 11.1 Å². The van der Waals surface area contributed by atoms with Crippen LogP contribution in [-0.4, -0.2) is 41.8 Å². The van der Waals surface area contributed by atoms with Crippen LogP contribution >= 0.6 is 0 Å². The van der Waals surface area contributed by atoms with Crippen molar-refractivity contribution in [2.24, 2.45) is 11.8 Å². The lowest BCUT2D eigenvalue weighted by Gasteiger charge is -2.29. The van der Waals surface area contributed by atoms with E-state index < -0.39 is 29.4 Å². The monoisotopic (exact) mass is 452 g/mol. The highest BCUT2D eigenvalue weighted by atomic mass is 16.5. The van der Waals surface area contributed by atoms with Crippen LogP contribution in [0.15, 0.2) is 48.5 Å². The summed E-state index contributed by atoms with van der Waals surface area (Å²) in [5.74, 6) is -2.32. The molecule has 7 nitrogen and oxygen atoms in total. The number of benzene rings is 2. The maximum atomic E-state index is 12.8. The minimum absolute atomic E-state index is 0.00616. The third kappa shape index (κ3) is 5.18. The van der Waals surface area contributed by atoms with E-state index in [1.165, 1.54) is 0 Å². The highest BCUT2D eigenvalue weighted by Crippen LogP contribution is 2.44. The number of aliphatic carboxylic acids is 1. The molecule has 0 heterocycles. The Morgan fingerprint density at radius 3 is 2.06 bits per heavy atom. The lowest BCUT2D eigenvalue weighted by molar-refractivity contribution is -0.143. The molecule has 0 saturated carbocycles. The summed E-state index contributed by atoms with van der Waals surface area (Å²) in [6, 6.07) is 16.1. The van der Waals surface area contributed by atoms with Crippen LogP contribution in [0.5, 0.6) is 0 Å². The molecule has 2 aromatic rings. The van der Waals surface area contributed by atoms with E-state index in [0.717, 1.165) is 22.3 Å². The third-order valence-electron chi connectivity index (χ3n) is 6.53. The van der Waals surface area contributed by atoms with E-state index in [9.17, 15) is 19.5 Å². The van der Waals surface area contributed by atoms with Gasteiger partial charge in [0.25, 0.3) is 0 Å². The number of carboxylic acids is 1. The number of fused-ring (bicyclic) bond motifs is 3. The van der Waals surface area contributed by atoms with Gasteiger partial charge in [-0.2, -0.15) is 0 Å². The summed E-state index contributed by atoms with van der Waals surface area (Å²) in [5, 5.41) is 14.7. The SMILES string of the molecule is CCC(C)(NC(=O)OCC1c2ccccc2-c2ccccc21)C(=O)NCC(C(=O)O)C(C)C. The lowest BCUT2D eigenvalue weighted by atomic mass is 9.94. The molecule has 0 bridgehead atoms. The number of carboxylic acid groups (broad SMARTS) is 1. The van der Waals surface area contributed by atoms with Crippen molar-refractivity contribution in [1.82, 2.24) is 10.6 Å². The number of ether oxygens (including phenoxy) is 1. The molecule has 0 saturated heterocycles. The Kier molecular flexibility index (Phi) is 7.41. The average Bonchev–Trinajstić information content (AvgIpc) is 3.11. The van der Waals surface area contributed by atoms with Gasteiger partial charge in [0.2, 0.25) is 5.91 Å². The van der Waals surface area contributed by atoms with Crippen molar-refractivity contribution in [2.75, 3.05) is 13.2 Å². The molecule has 0 spiro atoms. The molecule has 2 unspecified atom stereocenters. The topological polar surface area (TPSA) is 105 Å². The number of alkyl carbamates (subject to hydrolysis) is 1. The second kappa shape index (κ2) is 10.1. The summed E-state index contributed by atoms with van der Waals surface area (Å²) in [6.45, 7) is 7.11. The first-order chi connectivity index (χ1) is 15.7. The predicted molar refractivity (Wildman–Crippen MR) is 126 cm³/mol. The highest BCUT2D eigenvalue weighted by molar-refractivity contribution is 5.90. The summed E-state index contributed by atoms with van der Waals surface area (Å²) in [7, 11) is 0. The van der Waals surface area contributed by atoms with Crippen LogP contribution in [0.4, 0.5) is 4.79 Å². The molecule has 0 fully saturated rings. The molecule has 33 heavy (non-hydrogen) atoms. The number of carbonyl (C=O) groups excluding carboxylic acids is 2. The van der Waals surface area contributed by atoms with Crippen LogP contribution < -0.4 is 10.6 Å². The van der Waals surface area contributed by atoms with E-state index in [4.69, 9.17) is 4.74 Å². The van der Waals surface area contributed by atoms with Gasteiger partial charge in [-0.15, -0.1) is 0 Å². The highest BCUT2D eigenvalue weighted by Gasteiger charge is 2.35. The third-order valence-corrected chi connectivity index (χ3v) is 6.53. The van der Waals surface area contributed by atoms with Crippen molar-refractivity contribution in [1.29, 1.82) is 0 Å². The minimum Gasteiger partial charge on any atom is -0.481 e. The maximum Gasteiger partial charge on any atom is 0.408 e. The molecule has 0 aromatic heterocycles. The van der Waals surface area contributed by atoms with Gasteiger partial charge in [-0.3, -0.25) is 9.59 Å². The molecular weight excluding hydrogens is 420 g/mol. The summed E-state index contributed by atoms with van der Waals surface area (Å²) < 4.78 is 5.57. The standard InChI is InChI=1S/C26H32N2O5/c1-5-26(4,24(31)27-14-21(16(2)3)23(29)30)28-25(32)33-15-22-19-12-8-6-10-17(19)18-11-7-9-13-20(18)22/h6-13,16,21-22H,5,14-15H2,1-4H3,(H,27,31)(H,28,32)(H,29,30). The molecule has 176 valence electrons. The second-order valence-corrected chi connectivity index (χ2v) is 9.03. The number of hydrogen-bond acceptors (Lipinski definition) is 4. The van der Waals surface area contributed by atoms with Crippen molar-refractivity contribution in [2.45, 2.75) is 45.6 Å². The zero-order chi connectivity index (χ0) is 24.2. The molecular formula is C26H32N2O5. The molecule has 0 radical (unpaired) electrons. The number of amides is 2. The van der Waals surface area contributed by atoms with Gasteiger partial charge in [0.15, 0.2) is 0 Å². The normalized spacial score (nSPS) is 15.2. The number of nitrogens with one attached hydrogen (secondary N) is 2. The quantitative estimate of drug-likeness (QED) is 0.530. The molecule has 1 aliphatic rings. The van der Waals surface area contributed by atoms with E-state index in [1.807, 2.05) is 36.4 Å². The number of hydrogen-bond donors (Lipinski definition) is 3. The summed E-state index contributed by atoms with van der Waals surface area (Å²) in [6.07, 6.45) is -0.363. The van der Waals surface area contributed by atoms with Gasteiger partial charge in [0.05, 0.1) is 5.92 Å². The average molecular weight is 453 g/mol. The van der Waals surface area contributed by atoms with E-state index in [-0.39, 0.29) is 25.0 Å². The van der Waals surface area contributed by atoms with Crippen molar-refractivity contribution in [3.8, 4) is 11.1 Å². The lowest BCUT2D eigenvalue weighted by Crippen LogP contribution is -2.57. The molecule has 2 amide bonds. The maximum absolute atomic E-state index is 12.8. The van der Waals surface area contributed by atoms with Gasteiger partial charge in [0.1, 0.15) is 12.1 Å². The van der Waals surface area contributed by atoms with E-state index in [2.05, 4.69) is 22.8 Å². The Bertz CT molecular complexity index is 989. The molecule has 7 heteroatoms. The van der Waals surface area contributed by atoms with Crippen molar-refractivity contribution in [3.05, 3.63) is 59.7 Å². The molecule has 3 rings (SSSR count). The van der Waals surface area contributed by atoms with Crippen LogP contribution in [0.1, 0.15) is 51.2 Å². The molecule has 3 N–H and O–H groups in total.